The molecule has 0 aliphatic carbocycles. The average molecular weight is 504 g/mol. The van der Waals surface area contributed by atoms with Gasteiger partial charge in [0.15, 0.2) is 11.5 Å². The van der Waals surface area contributed by atoms with Crippen LogP contribution < -0.4 is 18.4 Å². The summed E-state index contributed by atoms with van der Waals surface area (Å²) in [5.41, 5.74) is 1.76. The predicted molar refractivity (Wildman–Crippen MR) is 128 cm³/mol. The minimum atomic E-state index is -3.65. The summed E-state index contributed by atoms with van der Waals surface area (Å²) in [6.45, 7) is 0.378. The van der Waals surface area contributed by atoms with Crippen molar-refractivity contribution in [3.63, 3.8) is 0 Å². The van der Waals surface area contributed by atoms with Gasteiger partial charge in [-0.25, -0.2) is 4.39 Å². The zero-order valence-corrected chi connectivity index (χ0v) is 20.6. The van der Waals surface area contributed by atoms with Crippen LogP contribution in [-0.2, 0) is 23.2 Å². The molecule has 0 aliphatic rings. The standard InChI is InChI=1S/C25H26FNO7S/c1-31-22-13-19(14-23(32-2)24(22)33-3)25(28)27(15-17-5-9-20(26)10-6-17)16-18-7-11-21(12-8-18)34-35(4,29)30/h5-14H,15-16H2,1-4H3. The molecule has 0 spiro atoms. The number of carbonyl (C=O) groups excluding carboxylic acids is 1. The lowest BCUT2D eigenvalue weighted by Crippen LogP contribution is -2.30. The van der Waals surface area contributed by atoms with Crippen molar-refractivity contribution in [3.05, 3.63) is 83.2 Å². The van der Waals surface area contributed by atoms with Crippen LogP contribution >= 0.6 is 0 Å². The highest BCUT2D eigenvalue weighted by molar-refractivity contribution is 7.86. The Morgan fingerprint density at radius 3 is 1.74 bits per heavy atom. The van der Waals surface area contributed by atoms with Gasteiger partial charge in [0.2, 0.25) is 5.75 Å². The molecule has 186 valence electrons. The van der Waals surface area contributed by atoms with E-state index >= 15 is 0 Å². The largest absolute Gasteiger partial charge is 0.493 e. The molecule has 0 N–H and O–H groups in total. The Hall–Kier alpha value is -3.79. The number of hydrogen-bond acceptors (Lipinski definition) is 7. The topological polar surface area (TPSA) is 91.4 Å². The van der Waals surface area contributed by atoms with Crippen LogP contribution in [0.25, 0.3) is 0 Å². The summed E-state index contributed by atoms with van der Waals surface area (Å²) in [6, 6.07) is 15.3. The maximum atomic E-state index is 13.6. The van der Waals surface area contributed by atoms with Gasteiger partial charge in [-0.2, -0.15) is 8.42 Å². The van der Waals surface area contributed by atoms with E-state index in [0.29, 0.717) is 22.8 Å². The molecule has 8 nitrogen and oxygen atoms in total. The number of amides is 1. The fourth-order valence-corrected chi connectivity index (χ4v) is 3.90. The zero-order valence-electron chi connectivity index (χ0n) is 19.8. The normalized spacial score (nSPS) is 11.0. The summed E-state index contributed by atoms with van der Waals surface area (Å²) in [7, 11) is 0.738. The van der Waals surface area contributed by atoms with Gasteiger partial charge in [0.05, 0.1) is 27.6 Å². The van der Waals surface area contributed by atoms with Crippen molar-refractivity contribution < 1.29 is 36.0 Å². The van der Waals surface area contributed by atoms with Crippen LogP contribution in [0.3, 0.4) is 0 Å². The quantitative estimate of drug-likeness (QED) is 0.386. The van der Waals surface area contributed by atoms with Crippen molar-refractivity contribution >= 4 is 16.0 Å². The summed E-state index contributed by atoms with van der Waals surface area (Å²) in [5.74, 6) is 0.483. The molecule has 0 atom stereocenters. The van der Waals surface area contributed by atoms with Crippen molar-refractivity contribution in [1.82, 2.24) is 4.90 Å². The predicted octanol–water partition coefficient (Wildman–Crippen LogP) is 4.03. The van der Waals surface area contributed by atoms with Gasteiger partial charge < -0.3 is 23.3 Å². The number of hydrogen-bond donors (Lipinski definition) is 0. The second-order valence-corrected chi connectivity index (χ2v) is 9.21. The summed E-state index contributed by atoms with van der Waals surface area (Å²) in [4.78, 5) is 15.2. The molecule has 0 aliphatic heterocycles. The average Bonchev–Trinajstić information content (AvgIpc) is 2.83. The lowest BCUT2D eigenvalue weighted by Gasteiger charge is -2.24. The Labute approximate surface area is 203 Å². The number of methoxy groups -OCH3 is 3. The fourth-order valence-electron chi connectivity index (χ4n) is 3.44. The molecule has 0 saturated heterocycles. The molecular weight excluding hydrogens is 477 g/mol. The van der Waals surface area contributed by atoms with Crippen molar-refractivity contribution in [2.75, 3.05) is 27.6 Å². The molecule has 35 heavy (non-hydrogen) atoms. The number of rotatable bonds is 10. The van der Waals surface area contributed by atoms with Crippen LogP contribution in [0.15, 0.2) is 60.7 Å². The molecule has 3 aromatic rings. The first-order chi connectivity index (χ1) is 16.6. The first-order valence-corrected chi connectivity index (χ1v) is 12.3. The first kappa shape index (κ1) is 25.8. The van der Waals surface area contributed by atoms with E-state index < -0.39 is 10.1 Å². The van der Waals surface area contributed by atoms with Gasteiger partial charge in [-0.05, 0) is 47.5 Å². The maximum Gasteiger partial charge on any atom is 0.306 e. The van der Waals surface area contributed by atoms with Crippen molar-refractivity contribution in [2.45, 2.75) is 13.1 Å². The third-order valence-electron chi connectivity index (χ3n) is 5.03. The minimum Gasteiger partial charge on any atom is -0.493 e. The molecule has 10 heteroatoms. The summed E-state index contributed by atoms with van der Waals surface area (Å²) >= 11 is 0. The number of benzene rings is 3. The van der Waals surface area contributed by atoms with E-state index in [4.69, 9.17) is 18.4 Å². The van der Waals surface area contributed by atoms with Gasteiger partial charge in [0.1, 0.15) is 11.6 Å². The van der Waals surface area contributed by atoms with Gasteiger partial charge in [0.25, 0.3) is 5.91 Å². The number of carbonyl (C=O) groups is 1. The molecular formula is C25H26FNO7S. The van der Waals surface area contributed by atoms with Gasteiger partial charge in [-0.1, -0.05) is 24.3 Å². The second kappa shape index (κ2) is 11.1. The monoisotopic (exact) mass is 503 g/mol. The van der Waals surface area contributed by atoms with E-state index in [-0.39, 0.29) is 30.6 Å². The zero-order chi connectivity index (χ0) is 25.6. The molecule has 0 aromatic heterocycles. The Balaban J connectivity index is 1.95. The highest BCUT2D eigenvalue weighted by Crippen LogP contribution is 2.38. The molecule has 0 saturated carbocycles. The minimum absolute atomic E-state index is 0.164. The van der Waals surface area contributed by atoms with Crippen LogP contribution in [0.4, 0.5) is 4.39 Å². The third kappa shape index (κ3) is 6.86. The maximum absolute atomic E-state index is 13.6. The molecule has 0 radical (unpaired) electrons. The van der Waals surface area contributed by atoms with Gasteiger partial charge in [-0.3, -0.25) is 4.79 Å². The van der Waals surface area contributed by atoms with E-state index in [9.17, 15) is 17.6 Å². The molecule has 3 rings (SSSR count). The molecule has 0 unspecified atom stereocenters. The summed E-state index contributed by atoms with van der Waals surface area (Å²) < 4.78 is 57.1. The molecule has 0 heterocycles. The Morgan fingerprint density at radius 2 is 1.31 bits per heavy atom. The molecule has 0 bridgehead atoms. The molecule has 0 fully saturated rings. The highest BCUT2D eigenvalue weighted by Gasteiger charge is 2.22. The van der Waals surface area contributed by atoms with Crippen molar-refractivity contribution in [1.29, 1.82) is 0 Å². The number of halogens is 1. The highest BCUT2D eigenvalue weighted by atomic mass is 32.2. The van der Waals surface area contributed by atoms with E-state index in [1.807, 2.05) is 0 Å². The van der Waals surface area contributed by atoms with Crippen LogP contribution in [-0.4, -0.2) is 46.8 Å². The molecule has 3 aromatic carbocycles. The van der Waals surface area contributed by atoms with Crippen LogP contribution in [0.2, 0.25) is 0 Å². The lowest BCUT2D eigenvalue weighted by molar-refractivity contribution is 0.0729. The van der Waals surface area contributed by atoms with Crippen LogP contribution in [0, 0.1) is 5.82 Å². The second-order valence-electron chi connectivity index (χ2n) is 7.63. The van der Waals surface area contributed by atoms with E-state index in [2.05, 4.69) is 0 Å². The SMILES string of the molecule is COc1cc(C(=O)N(Cc2ccc(F)cc2)Cc2ccc(OS(C)(=O)=O)cc2)cc(OC)c1OC. The third-order valence-corrected chi connectivity index (χ3v) is 5.53. The summed E-state index contributed by atoms with van der Waals surface area (Å²) in [6.07, 6.45) is 0.960. The Kier molecular flexibility index (Phi) is 8.18. The van der Waals surface area contributed by atoms with E-state index in [1.165, 1.54) is 45.6 Å². The molecule has 1 amide bonds. The van der Waals surface area contributed by atoms with Crippen LogP contribution in [0.1, 0.15) is 21.5 Å². The smallest absolute Gasteiger partial charge is 0.306 e. The van der Waals surface area contributed by atoms with Gasteiger partial charge in [-0.15, -0.1) is 0 Å². The lowest BCUT2D eigenvalue weighted by atomic mass is 10.1. The Bertz CT molecular complexity index is 1250. The number of ether oxygens (including phenoxy) is 3. The van der Waals surface area contributed by atoms with Crippen molar-refractivity contribution in [2.24, 2.45) is 0 Å². The van der Waals surface area contributed by atoms with Crippen LogP contribution in [0.5, 0.6) is 23.0 Å². The van der Waals surface area contributed by atoms with Gasteiger partial charge in [0, 0.05) is 18.7 Å². The number of nitrogens with zero attached hydrogens (tertiary/aromatic N) is 1. The summed E-state index contributed by atoms with van der Waals surface area (Å²) in [5, 5.41) is 0. The van der Waals surface area contributed by atoms with E-state index in [1.54, 1.807) is 41.3 Å². The van der Waals surface area contributed by atoms with Crippen molar-refractivity contribution in [3.8, 4) is 23.0 Å². The van der Waals surface area contributed by atoms with E-state index in [0.717, 1.165) is 17.4 Å². The fraction of sp³-hybridized carbons (Fsp3) is 0.240. The Morgan fingerprint density at radius 1 is 0.829 bits per heavy atom. The first-order valence-electron chi connectivity index (χ1n) is 10.5. The van der Waals surface area contributed by atoms with Gasteiger partial charge >= 0.3 is 10.1 Å².